The molecule has 0 saturated carbocycles. The molecule has 10 heteroatoms. The monoisotopic (exact) mass is 686 g/mol. The number of anilines is 1. The van der Waals surface area contributed by atoms with E-state index in [1.54, 1.807) is 30.3 Å². The summed E-state index contributed by atoms with van der Waals surface area (Å²) in [6, 6.07) is 13.7. The Kier molecular flexibility index (Phi) is 7.26. The Morgan fingerprint density at radius 1 is 0.941 bits per heavy atom. The molecule has 1 saturated heterocycles. The highest BCUT2D eigenvalue weighted by molar-refractivity contribution is 14.1. The second-order valence-corrected chi connectivity index (χ2v) is 9.46. The Morgan fingerprint density at radius 2 is 1.65 bits per heavy atom. The van der Waals surface area contributed by atoms with Crippen LogP contribution in [0.5, 0.6) is 5.75 Å². The molecule has 0 aromatic heterocycles. The van der Waals surface area contributed by atoms with Gasteiger partial charge >= 0.3 is 6.03 Å². The average molecular weight is 686 g/mol. The summed E-state index contributed by atoms with van der Waals surface area (Å²) in [7, 11) is 0. The fraction of sp³-hybridized carbons (Fsp3) is 0.0417. The minimum absolute atomic E-state index is 0.00181. The molecular weight excluding hydrogens is 672 g/mol. The third-order valence-corrected chi connectivity index (χ3v) is 6.43. The Balaban J connectivity index is 1.62. The Hall–Kier alpha value is -2.87. The van der Waals surface area contributed by atoms with Crippen LogP contribution in [0.15, 0.2) is 66.2 Å². The van der Waals surface area contributed by atoms with E-state index in [-0.39, 0.29) is 23.7 Å². The van der Waals surface area contributed by atoms with E-state index < -0.39 is 23.7 Å². The Bertz CT molecular complexity index is 1340. The van der Waals surface area contributed by atoms with Gasteiger partial charge in [-0.15, -0.1) is 0 Å². The number of amides is 4. The Morgan fingerprint density at radius 3 is 2.32 bits per heavy atom. The zero-order valence-corrected chi connectivity index (χ0v) is 21.5. The lowest BCUT2D eigenvalue weighted by molar-refractivity contribution is -0.122. The average Bonchev–Trinajstić information content (AvgIpc) is 2.77. The van der Waals surface area contributed by atoms with Gasteiger partial charge in [-0.3, -0.25) is 14.9 Å². The van der Waals surface area contributed by atoms with Crippen LogP contribution in [0.2, 0.25) is 0 Å². The highest BCUT2D eigenvalue weighted by atomic mass is 127. The maximum absolute atomic E-state index is 13.9. The predicted octanol–water partition coefficient (Wildman–Crippen LogP) is 5.42. The molecule has 0 atom stereocenters. The minimum atomic E-state index is -0.959. The van der Waals surface area contributed by atoms with Gasteiger partial charge in [0.1, 0.15) is 29.6 Å². The summed E-state index contributed by atoms with van der Waals surface area (Å²) in [4.78, 5) is 38.4. The molecule has 3 aromatic carbocycles. The highest BCUT2D eigenvalue weighted by Crippen LogP contribution is 2.31. The van der Waals surface area contributed by atoms with E-state index in [1.807, 2.05) is 45.2 Å². The molecule has 34 heavy (non-hydrogen) atoms. The van der Waals surface area contributed by atoms with Gasteiger partial charge in [0.25, 0.3) is 11.8 Å². The SMILES string of the molecule is O=C1NC(=O)N(c2cccc(F)c2)C(=O)/C1=C/c1cc(I)c(OCc2ccccc2F)c(I)c1. The van der Waals surface area contributed by atoms with Crippen molar-refractivity contribution in [3.8, 4) is 5.75 Å². The van der Waals surface area contributed by atoms with Crippen molar-refractivity contribution < 1.29 is 27.9 Å². The van der Waals surface area contributed by atoms with E-state index in [2.05, 4.69) is 5.32 Å². The van der Waals surface area contributed by atoms with E-state index in [0.717, 1.165) is 6.07 Å². The van der Waals surface area contributed by atoms with Crippen LogP contribution >= 0.6 is 45.2 Å². The summed E-state index contributed by atoms with van der Waals surface area (Å²) in [6.45, 7) is 0.0325. The first-order valence-corrected chi connectivity index (χ1v) is 11.9. The number of rotatable bonds is 5. The zero-order chi connectivity index (χ0) is 24.4. The molecule has 0 aliphatic carbocycles. The van der Waals surface area contributed by atoms with Crippen molar-refractivity contribution in [1.29, 1.82) is 0 Å². The summed E-state index contributed by atoms with van der Waals surface area (Å²) in [5.74, 6) is -2.19. The lowest BCUT2D eigenvalue weighted by Gasteiger charge is -2.26. The number of halogens is 4. The van der Waals surface area contributed by atoms with Crippen LogP contribution in [-0.4, -0.2) is 17.8 Å². The van der Waals surface area contributed by atoms with Crippen LogP contribution in [0, 0.1) is 18.8 Å². The number of hydrogen-bond acceptors (Lipinski definition) is 4. The topological polar surface area (TPSA) is 75.7 Å². The third-order valence-electron chi connectivity index (χ3n) is 4.83. The maximum atomic E-state index is 13.9. The predicted molar refractivity (Wildman–Crippen MR) is 138 cm³/mol. The standard InChI is InChI=1S/C24H14F2I2N2O4/c25-15-5-3-6-16(11-15)30-23(32)17(22(31)29-24(30)33)8-13-9-19(27)21(20(28)10-13)34-12-14-4-1-2-7-18(14)26/h1-11H,12H2,(H,29,31,33)/b17-8+. The van der Waals surface area contributed by atoms with Crippen LogP contribution in [0.4, 0.5) is 19.3 Å². The van der Waals surface area contributed by atoms with Gasteiger partial charge in [0.15, 0.2) is 0 Å². The number of nitrogens with zero attached hydrogens (tertiary/aromatic N) is 1. The number of hydrogen-bond donors (Lipinski definition) is 1. The van der Waals surface area contributed by atoms with Crippen molar-refractivity contribution >= 4 is 74.8 Å². The molecule has 0 radical (unpaired) electrons. The number of carbonyl (C=O) groups is 3. The smallest absolute Gasteiger partial charge is 0.335 e. The second kappa shape index (κ2) is 10.2. The molecule has 0 unspecified atom stereocenters. The summed E-state index contributed by atoms with van der Waals surface area (Å²) >= 11 is 4.09. The van der Waals surface area contributed by atoms with Crippen molar-refractivity contribution in [3.63, 3.8) is 0 Å². The summed E-state index contributed by atoms with van der Waals surface area (Å²) in [5, 5.41) is 2.10. The number of carbonyl (C=O) groups excluding carboxylic acids is 3. The van der Waals surface area contributed by atoms with Gasteiger partial charge in [0.05, 0.1) is 12.8 Å². The van der Waals surface area contributed by atoms with Crippen molar-refractivity contribution in [2.75, 3.05) is 4.90 Å². The van der Waals surface area contributed by atoms with Crippen molar-refractivity contribution in [3.05, 3.63) is 96.1 Å². The lowest BCUT2D eigenvalue weighted by Crippen LogP contribution is -2.54. The van der Waals surface area contributed by atoms with Crippen molar-refractivity contribution in [2.45, 2.75) is 6.61 Å². The first kappa shape index (κ1) is 24.3. The van der Waals surface area contributed by atoms with Crippen LogP contribution in [-0.2, 0) is 16.2 Å². The molecule has 4 amide bonds. The number of imide groups is 2. The van der Waals surface area contributed by atoms with E-state index in [0.29, 0.717) is 28.9 Å². The number of benzene rings is 3. The van der Waals surface area contributed by atoms with Crippen LogP contribution in [0.3, 0.4) is 0 Å². The molecule has 1 N–H and O–H groups in total. The van der Waals surface area contributed by atoms with Crippen molar-refractivity contribution in [1.82, 2.24) is 5.32 Å². The molecule has 3 aromatic rings. The maximum Gasteiger partial charge on any atom is 0.335 e. The molecule has 1 heterocycles. The van der Waals surface area contributed by atoms with Gasteiger partial charge in [-0.05, 0) is 93.2 Å². The minimum Gasteiger partial charge on any atom is -0.487 e. The molecular formula is C24H14F2I2N2O4. The molecule has 1 aliphatic heterocycles. The molecule has 1 aliphatic rings. The van der Waals surface area contributed by atoms with Gasteiger partial charge < -0.3 is 4.74 Å². The van der Waals surface area contributed by atoms with E-state index in [9.17, 15) is 23.2 Å². The first-order valence-electron chi connectivity index (χ1n) is 9.77. The fourth-order valence-corrected chi connectivity index (χ4v) is 5.37. The normalized spacial score (nSPS) is 15.0. The van der Waals surface area contributed by atoms with Crippen LogP contribution in [0.25, 0.3) is 6.08 Å². The van der Waals surface area contributed by atoms with Gasteiger partial charge in [0, 0.05) is 5.56 Å². The zero-order valence-electron chi connectivity index (χ0n) is 17.2. The number of urea groups is 1. The molecule has 0 bridgehead atoms. The third kappa shape index (κ3) is 5.12. The molecule has 6 nitrogen and oxygen atoms in total. The van der Waals surface area contributed by atoms with Crippen molar-refractivity contribution in [2.24, 2.45) is 0 Å². The van der Waals surface area contributed by atoms with Gasteiger partial charge in [-0.2, -0.15) is 0 Å². The molecule has 0 spiro atoms. The summed E-state index contributed by atoms with van der Waals surface area (Å²) < 4.78 is 34.7. The quantitative estimate of drug-likeness (QED) is 0.221. The van der Waals surface area contributed by atoms with E-state index in [4.69, 9.17) is 4.74 Å². The highest BCUT2D eigenvalue weighted by Gasteiger charge is 2.37. The molecule has 4 rings (SSSR count). The van der Waals surface area contributed by atoms with E-state index >= 15 is 0 Å². The second-order valence-electron chi connectivity index (χ2n) is 7.13. The molecule has 172 valence electrons. The fourth-order valence-electron chi connectivity index (χ4n) is 3.24. The number of nitrogens with one attached hydrogen (secondary N) is 1. The summed E-state index contributed by atoms with van der Waals surface area (Å²) in [6.07, 6.45) is 1.35. The largest absolute Gasteiger partial charge is 0.487 e. The first-order chi connectivity index (χ1) is 16.2. The molecule has 1 fully saturated rings. The van der Waals surface area contributed by atoms with Crippen LogP contribution < -0.4 is 15.0 Å². The van der Waals surface area contributed by atoms with Gasteiger partial charge in [-0.25, -0.2) is 18.5 Å². The lowest BCUT2D eigenvalue weighted by atomic mass is 10.1. The summed E-state index contributed by atoms with van der Waals surface area (Å²) in [5.41, 5.74) is 0.642. The van der Waals surface area contributed by atoms with Gasteiger partial charge in [0.2, 0.25) is 0 Å². The van der Waals surface area contributed by atoms with Gasteiger partial charge in [-0.1, -0.05) is 24.3 Å². The van der Waals surface area contributed by atoms with Crippen LogP contribution in [0.1, 0.15) is 11.1 Å². The number of barbiturate groups is 1. The number of ether oxygens (including phenoxy) is 1. The Labute approximate surface area is 220 Å². The van der Waals surface area contributed by atoms with E-state index in [1.165, 1.54) is 30.3 Å².